The van der Waals surface area contributed by atoms with Gasteiger partial charge >= 0.3 is 0 Å². The van der Waals surface area contributed by atoms with Gasteiger partial charge in [-0.15, -0.1) is 0 Å². The van der Waals surface area contributed by atoms with E-state index in [1.165, 1.54) is 0 Å². The lowest BCUT2D eigenvalue weighted by atomic mass is 10.3. The molecular weight excluding hydrogens is 396 g/mol. The van der Waals surface area contributed by atoms with Gasteiger partial charge in [-0.05, 0) is 40.2 Å². The number of nitrogens with one attached hydrogen (secondary N) is 2. The van der Waals surface area contributed by atoms with E-state index in [-0.39, 0.29) is 17.3 Å². The molecule has 0 aromatic heterocycles. The summed E-state index contributed by atoms with van der Waals surface area (Å²) in [6.07, 6.45) is 1.12. The quantitative estimate of drug-likeness (QED) is 0.761. The van der Waals surface area contributed by atoms with Crippen molar-refractivity contribution in [1.82, 2.24) is 0 Å². The number of rotatable bonds is 6. The minimum absolute atomic E-state index is 0.0732. The number of anilines is 2. The summed E-state index contributed by atoms with van der Waals surface area (Å²) in [4.78, 5) is 12.2. The van der Waals surface area contributed by atoms with Crippen LogP contribution in [0.3, 0.4) is 0 Å². The van der Waals surface area contributed by atoms with Crippen molar-refractivity contribution in [3.05, 3.63) is 46.9 Å². The van der Waals surface area contributed by atoms with Crippen LogP contribution in [0.5, 0.6) is 5.75 Å². The van der Waals surface area contributed by atoms with Crippen LogP contribution in [0.4, 0.5) is 11.4 Å². The lowest BCUT2D eigenvalue weighted by molar-refractivity contribution is -0.114. The van der Waals surface area contributed by atoms with Gasteiger partial charge in [0.15, 0.2) is 9.84 Å². The molecule has 0 fully saturated rings. The summed E-state index contributed by atoms with van der Waals surface area (Å²) in [7, 11) is -1.89. The van der Waals surface area contributed by atoms with Crippen LogP contribution >= 0.6 is 15.9 Å². The van der Waals surface area contributed by atoms with Gasteiger partial charge in [0.05, 0.1) is 19.3 Å². The third-order valence-electron chi connectivity index (χ3n) is 3.13. The molecule has 2 aromatic carbocycles. The molecule has 0 atom stereocenters. The van der Waals surface area contributed by atoms with Crippen LogP contribution < -0.4 is 15.4 Å². The van der Waals surface area contributed by atoms with Crippen molar-refractivity contribution in [2.45, 2.75) is 4.90 Å². The Kier molecular flexibility index (Phi) is 5.84. The molecule has 0 aliphatic carbocycles. The van der Waals surface area contributed by atoms with Gasteiger partial charge in [0.1, 0.15) is 10.6 Å². The molecule has 0 unspecified atom stereocenters. The zero-order chi connectivity index (χ0) is 17.7. The summed E-state index contributed by atoms with van der Waals surface area (Å²) < 4.78 is 29.3. The number of methoxy groups -OCH3 is 1. The Labute approximate surface area is 149 Å². The average molecular weight is 413 g/mol. The Hall–Kier alpha value is -2.06. The maximum absolute atomic E-state index is 12.1. The van der Waals surface area contributed by atoms with Crippen molar-refractivity contribution in [3.63, 3.8) is 0 Å². The first-order valence-electron chi connectivity index (χ1n) is 6.97. The van der Waals surface area contributed by atoms with E-state index in [9.17, 15) is 13.2 Å². The normalized spacial score (nSPS) is 11.0. The van der Waals surface area contributed by atoms with Crippen LogP contribution in [0.1, 0.15) is 0 Å². The Bertz CT molecular complexity index is 853. The van der Waals surface area contributed by atoms with Gasteiger partial charge in [-0.2, -0.15) is 0 Å². The lowest BCUT2D eigenvalue weighted by Gasteiger charge is -2.12. The molecule has 128 valence electrons. The number of sulfone groups is 1. The van der Waals surface area contributed by atoms with Gasteiger partial charge in [-0.3, -0.25) is 4.79 Å². The monoisotopic (exact) mass is 412 g/mol. The summed E-state index contributed by atoms with van der Waals surface area (Å²) in [6, 6.07) is 11.9. The predicted octanol–water partition coefficient (Wildman–Crippen LogP) is 2.91. The molecule has 0 heterocycles. The standard InChI is InChI=1S/C16H17BrN2O4S/c1-23-12-6-3-5-11(9-12)19-15(20)10-18-14-8-4-7-13(17)16(14)24(2,21)22/h3-9,18H,10H2,1-2H3,(H,19,20). The summed E-state index contributed by atoms with van der Waals surface area (Å²) in [6.45, 7) is -0.0732. The zero-order valence-electron chi connectivity index (χ0n) is 13.2. The van der Waals surface area contributed by atoms with E-state index in [1.54, 1.807) is 49.6 Å². The van der Waals surface area contributed by atoms with Crippen LogP contribution in [0.2, 0.25) is 0 Å². The first-order chi connectivity index (χ1) is 11.3. The molecule has 0 bridgehead atoms. The third kappa shape index (κ3) is 4.72. The average Bonchev–Trinajstić information content (AvgIpc) is 2.52. The molecule has 0 radical (unpaired) electrons. The summed E-state index contributed by atoms with van der Waals surface area (Å²) >= 11 is 3.23. The molecule has 2 rings (SSSR count). The molecule has 2 aromatic rings. The van der Waals surface area contributed by atoms with Gasteiger partial charge in [0, 0.05) is 22.5 Å². The topological polar surface area (TPSA) is 84.5 Å². The van der Waals surface area contributed by atoms with Crippen molar-refractivity contribution in [2.24, 2.45) is 0 Å². The molecular formula is C16H17BrN2O4S. The highest BCUT2D eigenvalue weighted by Gasteiger charge is 2.17. The molecule has 0 spiro atoms. The first kappa shape index (κ1) is 18.3. The summed E-state index contributed by atoms with van der Waals surface area (Å²) in [5.74, 6) is 0.329. The summed E-state index contributed by atoms with van der Waals surface area (Å²) in [5, 5.41) is 5.57. The van der Waals surface area contributed by atoms with Crippen molar-refractivity contribution >= 4 is 43.0 Å². The molecule has 0 saturated carbocycles. The fourth-order valence-corrected chi connectivity index (χ4v) is 4.32. The minimum atomic E-state index is -3.44. The maximum Gasteiger partial charge on any atom is 0.243 e. The number of hydrogen-bond acceptors (Lipinski definition) is 5. The maximum atomic E-state index is 12.1. The second-order valence-corrected chi connectivity index (χ2v) is 7.83. The van der Waals surface area contributed by atoms with Crippen LogP contribution in [0.15, 0.2) is 51.8 Å². The molecule has 24 heavy (non-hydrogen) atoms. The Morgan fingerprint density at radius 3 is 2.58 bits per heavy atom. The predicted molar refractivity (Wildman–Crippen MR) is 97.4 cm³/mol. The zero-order valence-corrected chi connectivity index (χ0v) is 15.6. The number of amides is 1. The van der Waals surface area contributed by atoms with Gasteiger partial charge in [-0.1, -0.05) is 12.1 Å². The fraction of sp³-hybridized carbons (Fsp3) is 0.188. The second kappa shape index (κ2) is 7.67. The van der Waals surface area contributed by atoms with Crippen LogP contribution in [0, 0.1) is 0 Å². The van der Waals surface area contributed by atoms with E-state index >= 15 is 0 Å². The number of ether oxygens (including phenoxy) is 1. The highest BCUT2D eigenvalue weighted by molar-refractivity contribution is 9.10. The lowest BCUT2D eigenvalue weighted by Crippen LogP contribution is -2.22. The summed E-state index contributed by atoms with van der Waals surface area (Å²) in [5.41, 5.74) is 0.964. The third-order valence-corrected chi connectivity index (χ3v) is 5.24. The van der Waals surface area contributed by atoms with Gasteiger partial charge in [0.25, 0.3) is 0 Å². The van der Waals surface area contributed by atoms with Gasteiger partial charge < -0.3 is 15.4 Å². The molecule has 8 heteroatoms. The fourth-order valence-electron chi connectivity index (χ4n) is 2.11. The molecule has 2 N–H and O–H groups in total. The highest BCUT2D eigenvalue weighted by atomic mass is 79.9. The SMILES string of the molecule is COc1cccc(NC(=O)CNc2cccc(Br)c2S(C)(=O)=O)c1. The number of hydrogen-bond donors (Lipinski definition) is 2. The number of halogens is 1. The second-order valence-electron chi connectivity index (χ2n) is 5.02. The van der Waals surface area contributed by atoms with Crippen LogP contribution in [-0.2, 0) is 14.6 Å². The number of carbonyl (C=O) groups excluding carboxylic acids is 1. The Morgan fingerprint density at radius 1 is 1.21 bits per heavy atom. The highest BCUT2D eigenvalue weighted by Crippen LogP contribution is 2.29. The van der Waals surface area contributed by atoms with Crippen molar-refractivity contribution in [2.75, 3.05) is 30.5 Å². The van der Waals surface area contributed by atoms with Crippen molar-refractivity contribution in [3.8, 4) is 5.75 Å². The Balaban J connectivity index is 2.08. The number of carbonyl (C=O) groups is 1. The molecule has 0 aliphatic rings. The number of benzene rings is 2. The van der Waals surface area contributed by atoms with Crippen LogP contribution in [-0.4, -0.2) is 34.2 Å². The Morgan fingerprint density at radius 2 is 1.92 bits per heavy atom. The van der Waals surface area contributed by atoms with E-state index in [0.29, 0.717) is 21.6 Å². The molecule has 1 amide bonds. The van der Waals surface area contributed by atoms with Crippen molar-refractivity contribution < 1.29 is 17.9 Å². The van der Waals surface area contributed by atoms with E-state index < -0.39 is 9.84 Å². The van der Waals surface area contributed by atoms with E-state index in [2.05, 4.69) is 26.6 Å². The van der Waals surface area contributed by atoms with E-state index in [4.69, 9.17) is 4.74 Å². The van der Waals surface area contributed by atoms with E-state index in [1.807, 2.05) is 0 Å². The molecule has 0 aliphatic heterocycles. The van der Waals surface area contributed by atoms with Crippen LogP contribution in [0.25, 0.3) is 0 Å². The smallest absolute Gasteiger partial charge is 0.243 e. The largest absolute Gasteiger partial charge is 0.497 e. The van der Waals surface area contributed by atoms with Gasteiger partial charge in [0.2, 0.25) is 5.91 Å². The molecule has 0 saturated heterocycles. The molecule has 6 nitrogen and oxygen atoms in total. The van der Waals surface area contributed by atoms with Crippen molar-refractivity contribution in [1.29, 1.82) is 0 Å². The van der Waals surface area contributed by atoms with Gasteiger partial charge in [-0.25, -0.2) is 8.42 Å². The minimum Gasteiger partial charge on any atom is -0.497 e. The first-order valence-corrected chi connectivity index (χ1v) is 9.66. The van der Waals surface area contributed by atoms with E-state index in [0.717, 1.165) is 6.26 Å².